The molecule has 2 aliphatic rings. The van der Waals surface area contributed by atoms with Crippen LogP contribution in [0, 0.1) is 0 Å². The van der Waals surface area contributed by atoms with E-state index in [1.165, 1.54) is 19.3 Å². The van der Waals surface area contributed by atoms with Crippen molar-refractivity contribution in [3.8, 4) is 0 Å². The van der Waals surface area contributed by atoms with Crippen LogP contribution in [0.25, 0.3) is 0 Å². The molecule has 1 aliphatic heterocycles. The maximum Gasteiger partial charge on any atom is 0.318 e. The normalized spacial score (nSPS) is 22.2. The monoisotopic (exact) mass is 245 g/mol. The largest absolute Gasteiger partial charge is 0.336 e. The number of carbonyl (C=O) groups excluding carboxylic acids is 1. The van der Waals surface area contributed by atoms with Crippen LogP contribution >= 0.6 is 0 Å². The lowest BCUT2D eigenvalue weighted by Gasteiger charge is -2.40. The Kier molecular flexibility index (Phi) is 2.94. The number of aromatic nitrogens is 1. The van der Waals surface area contributed by atoms with E-state index >= 15 is 0 Å². The summed E-state index contributed by atoms with van der Waals surface area (Å²) >= 11 is 0. The Balaban J connectivity index is 1.81. The van der Waals surface area contributed by atoms with Gasteiger partial charge >= 0.3 is 6.03 Å². The molecule has 2 heterocycles. The highest BCUT2D eigenvalue weighted by atomic mass is 16.2. The van der Waals surface area contributed by atoms with Crippen LogP contribution in [0.2, 0.25) is 0 Å². The number of nitrogens with zero attached hydrogens (tertiary/aromatic N) is 2. The van der Waals surface area contributed by atoms with Gasteiger partial charge in [0.2, 0.25) is 0 Å². The summed E-state index contributed by atoms with van der Waals surface area (Å²) in [7, 11) is 0. The number of nitrogens with one attached hydrogen (secondary N) is 1. The van der Waals surface area contributed by atoms with Crippen LogP contribution in [-0.2, 0) is 6.54 Å². The zero-order chi connectivity index (χ0) is 12.4. The fourth-order valence-electron chi connectivity index (χ4n) is 3.21. The summed E-state index contributed by atoms with van der Waals surface area (Å²) in [6.45, 7) is 1.52. The molecule has 1 saturated heterocycles. The van der Waals surface area contributed by atoms with E-state index in [-0.39, 0.29) is 11.6 Å². The van der Waals surface area contributed by atoms with E-state index in [0.717, 1.165) is 24.9 Å². The summed E-state index contributed by atoms with van der Waals surface area (Å²) in [5, 5.41) is 3.02. The molecule has 0 radical (unpaired) electrons. The smallest absolute Gasteiger partial charge is 0.318 e. The molecular weight excluding hydrogens is 226 g/mol. The molecule has 1 aromatic heterocycles. The van der Waals surface area contributed by atoms with Crippen LogP contribution in [-0.4, -0.2) is 28.0 Å². The molecule has 4 nitrogen and oxygen atoms in total. The molecule has 0 bridgehead atoms. The molecule has 18 heavy (non-hydrogen) atoms. The Labute approximate surface area is 107 Å². The van der Waals surface area contributed by atoms with Crippen molar-refractivity contribution < 1.29 is 4.79 Å². The summed E-state index contributed by atoms with van der Waals surface area (Å²) in [6.07, 6.45) is 9.63. The van der Waals surface area contributed by atoms with Gasteiger partial charge in [-0.2, -0.15) is 0 Å². The molecule has 0 unspecified atom stereocenters. The van der Waals surface area contributed by atoms with E-state index < -0.39 is 0 Å². The highest BCUT2D eigenvalue weighted by Gasteiger charge is 2.45. The molecule has 0 aromatic carbocycles. The maximum atomic E-state index is 12.1. The van der Waals surface area contributed by atoms with Gasteiger partial charge < -0.3 is 10.2 Å². The average Bonchev–Trinajstić information content (AvgIpc) is 2.71. The molecule has 96 valence electrons. The number of urea groups is 1. The predicted octanol–water partition coefficient (Wildman–Crippen LogP) is 2.31. The van der Waals surface area contributed by atoms with Gasteiger partial charge in [0.25, 0.3) is 0 Å². The molecule has 4 heteroatoms. The van der Waals surface area contributed by atoms with Gasteiger partial charge in [-0.3, -0.25) is 4.98 Å². The van der Waals surface area contributed by atoms with Crippen LogP contribution in [0.1, 0.15) is 37.7 Å². The second kappa shape index (κ2) is 4.59. The standard InChI is InChI=1S/C14H19N3O/c18-13-16-11-14(6-2-1-3-7-14)17(13)10-12-4-8-15-9-5-12/h4-5,8-9H,1-3,6-7,10-11H2,(H,16,18). The third-order valence-corrected chi connectivity index (χ3v) is 4.26. The van der Waals surface area contributed by atoms with E-state index in [2.05, 4.69) is 10.3 Å². The van der Waals surface area contributed by atoms with Crippen LogP contribution in [0.4, 0.5) is 4.79 Å². The molecule has 3 rings (SSSR count). The average molecular weight is 245 g/mol. The number of rotatable bonds is 2. The van der Waals surface area contributed by atoms with E-state index in [1.54, 1.807) is 12.4 Å². The van der Waals surface area contributed by atoms with E-state index in [4.69, 9.17) is 0 Å². The first kappa shape index (κ1) is 11.5. The van der Waals surface area contributed by atoms with Crippen molar-refractivity contribution in [2.24, 2.45) is 0 Å². The zero-order valence-corrected chi connectivity index (χ0v) is 10.6. The van der Waals surface area contributed by atoms with Crippen molar-refractivity contribution in [2.45, 2.75) is 44.2 Å². The molecule has 2 fully saturated rings. The van der Waals surface area contributed by atoms with Crippen molar-refractivity contribution in [3.63, 3.8) is 0 Å². The Morgan fingerprint density at radius 1 is 1.22 bits per heavy atom. The lowest BCUT2D eigenvalue weighted by molar-refractivity contribution is 0.113. The lowest BCUT2D eigenvalue weighted by atomic mass is 9.81. The van der Waals surface area contributed by atoms with Gasteiger partial charge in [-0.05, 0) is 30.5 Å². The van der Waals surface area contributed by atoms with Gasteiger partial charge in [-0.1, -0.05) is 19.3 Å². The fourth-order valence-corrected chi connectivity index (χ4v) is 3.21. The first-order valence-corrected chi connectivity index (χ1v) is 6.75. The Bertz CT molecular complexity index is 426. The minimum absolute atomic E-state index is 0.0681. The highest BCUT2D eigenvalue weighted by molar-refractivity contribution is 5.78. The number of carbonyl (C=O) groups is 1. The van der Waals surface area contributed by atoms with Crippen LogP contribution in [0.15, 0.2) is 24.5 Å². The molecule has 1 aromatic rings. The number of amides is 2. The highest BCUT2D eigenvalue weighted by Crippen LogP contribution is 2.37. The topological polar surface area (TPSA) is 45.2 Å². The predicted molar refractivity (Wildman–Crippen MR) is 69.0 cm³/mol. The summed E-state index contributed by atoms with van der Waals surface area (Å²) < 4.78 is 0. The second-order valence-corrected chi connectivity index (χ2v) is 5.39. The van der Waals surface area contributed by atoms with Crippen molar-refractivity contribution >= 4 is 6.03 Å². The maximum absolute atomic E-state index is 12.1. The summed E-state index contributed by atoms with van der Waals surface area (Å²) in [5.74, 6) is 0. The van der Waals surface area contributed by atoms with Crippen molar-refractivity contribution in [3.05, 3.63) is 30.1 Å². The van der Waals surface area contributed by atoms with Crippen LogP contribution in [0.3, 0.4) is 0 Å². The number of hydrogen-bond acceptors (Lipinski definition) is 2. The SMILES string of the molecule is O=C1NCC2(CCCCC2)N1Cc1ccncc1. The van der Waals surface area contributed by atoms with E-state index in [9.17, 15) is 4.79 Å². The Hall–Kier alpha value is -1.58. The molecule has 1 spiro atoms. The first-order valence-electron chi connectivity index (χ1n) is 6.75. The molecule has 1 saturated carbocycles. The number of pyridine rings is 1. The first-order chi connectivity index (χ1) is 8.80. The van der Waals surface area contributed by atoms with Gasteiger partial charge in [-0.15, -0.1) is 0 Å². The minimum Gasteiger partial charge on any atom is -0.336 e. The van der Waals surface area contributed by atoms with E-state index in [1.807, 2.05) is 17.0 Å². The Morgan fingerprint density at radius 3 is 2.67 bits per heavy atom. The van der Waals surface area contributed by atoms with Gasteiger partial charge in [0.05, 0.1) is 5.54 Å². The van der Waals surface area contributed by atoms with Crippen molar-refractivity contribution in [1.29, 1.82) is 0 Å². The third kappa shape index (κ3) is 1.96. The minimum atomic E-state index is 0.0681. The third-order valence-electron chi connectivity index (χ3n) is 4.26. The number of hydrogen-bond donors (Lipinski definition) is 1. The van der Waals surface area contributed by atoms with Gasteiger partial charge in [-0.25, -0.2) is 4.79 Å². The Morgan fingerprint density at radius 2 is 1.94 bits per heavy atom. The molecular formula is C14H19N3O. The zero-order valence-electron chi connectivity index (χ0n) is 10.6. The quantitative estimate of drug-likeness (QED) is 0.869. The molecule has 1 N–H and O–H groups in total. The van der Waals surface area contributed by atoms with E-state index in [0.29, 0.717) is 6.54 Å². The van der Waals surface area contributed by atoms with Gasteiger partial charge in [0.15, 0.2) is 0 Å². The lowest BCUT2D eigenvalue weighted by Crippen LogP contribution is -2.48. The van der Waals surface area contributed by atoms with Gasteiger partial charge in [0.1, 0.15) is 0 Å². The fraction of sp³-hybridized carbons (Fsp3) is 0.571. The summed E-state index contributed by atoms with van der Waals surface area (Å²) in [6, 6.07) is 4.07. The van der Waals surface area contributed by atoms with Crippen LogP contribution < -0.4 is 5.32 Å². The second-order valence-electron chi connectivity index (χ2n) is 5.39. The van der Waals surface area contributed by atoms with Gasteiger partial charge in [0, 0.05) is 25.5 Å². The molecule has 0 atom stereocenters. The van der Waals surface area contributed by atoms with Crippen molar-refractivity contribution in [1.82, 2.24) is 15.2 Å². The molecule has 2 amide bonds. The van der Waals surface area contributed by atoms with Crippen LogP contribution in [0.5, 0.6) is 0 Å². The molecule has 1 aliphatic carbocycles. The van der Waals surface area contributed by atoms with Crippen molar-refractivity contribution in [2.75, 3.05) is 6.54 Å². The summed E-state index contributed by atoms with van der Waals surface area (Å²) in [4.78, 5) is 18.1. The summed E-state index contributed by atoms with van der Waals surface area (Å²) in [5.41, 5.74) is 1.23.